The summed E-state index contributed by atoms with van der Waals surface area (Å²) in [5.74, 6) is -0.921. The van der Waals surface area contributed by atoms with Crippen LogP contribution in [0.2, 0.25) is 0 Å². The first-order valence-electron chi connectivity index (χ1n) is 9.78. The van der Waals surface area contributed by atoms with Crippen molar-refractivity contribution in [2.45, 2.75) is 16.7 Å². The number of carbonyl (C=O) groups excluding carboxylic acids is 2. The number of hydrogen-bond donors (Lipinski definition) is 1. The van der Waals surface area contributed by atoms with Gasteiger partial charge in [-0.3, -0.25) is 9.59 Å². The van der Waals surface area contributed by atoms with Crippen molar-refractivity contribution in [3.63, 3.8) is 0 Å². The number of esters is 1. The van der Waals surface area contributed by atoms with E-state index in [1.807, 2.05) is 25.1 Å². The molecule has 2 aromatic rings. The van der Waals surface area contributed by atoms with Gasteiger partial charge in [0.2, 0.25) is 10.0 Å². The SMILES string of the molecule is Cc1cc(Br)ccc1SCC(=O)OCC(=O)Nc1ccc(S(=O)(=O)N2CCOCC2)cc1. The number of nitrogens with one attached hydrogen (secondary N) is 1. The molecular weight excluding hydrogens is 520 g/mol. The molecule has 0 aliphatic carbocycles. The van der Waals surface area contributed by atoms with Gasteiger partial charge in [-0.15, -0.1) is 11.8 Å². The van der Waals surface area contributed by atoms with Crippen LogP contribution in [-0.2, 0) is 29.1 Å². The van der Waals surface area contributed by atoms with E-state index in [1.54, 1.807) is 0 Å². The topological polar surface area (TPSA) is 102 Å². The van der Waals surface area contributed by atoms with E-state index in [0.717, 1.165) is 14.9 Å². The van der Waals surface area contributed by atoms with Gasteiger partial charge in [0.25, 0.3) is 5.91 Å². The van der Waals surface area contributed by atoms with Crippen LogP contribution in [0.5, 0.6) is 0 Å². The molecule has 0 spiro atoms. The number of thioether (sulfide) groups is 1. The van der Waals surface area contributed by atoms with E-state index < -0.39 is 28.5 Å². The summed E-state index contributed by atoms with van der Waals surface area (Å²) in [7, 11) is -3.60. The van der Waals surface area contributed by atoms with Gasteiger partial charge in [0.15, 0.2) is 6.61 Å². The quantitative estimate of drug-likeness (QED) is 0.404. The first-order chi connectivity index (χ1) is 15.3. The first-order valence-corrected chi connectivity index (χ1v) is 13.0. The zero-order chi connectivity index (χ0) is 23.1. The highest BCUT2D eigenvalue weighted by Gasteiger charge is 2.26. The number of amides is 1. The fraction of sp³-hybridized carbons (Fsp3) is 0.333. The lowest BCUT2D eigenvalue weighted by atomic mass is 10.2. The summed E-state index contributed by atoms with van der Waals surface area (Å²) in [6, 6.07) is 11.6. The van der Waals surface area contributed by atoms with E-state index in [2.05, 4.69) is 21.2 Å². The molecule has 1 amide bonds. The molecule has 0 bridgehead atoms. The van der Waals surface area contributed by atoms with Crippen molar-refractivity contribution >= 4 is 55.3 Å². The Balaban J connectivity index is 1.45. The minimum absolute atomic E-state index is 0.0872. The van der Waals surface area contributed by atoms with Crippen LogP contribution in [0.1, 0.15) is 5.56 Å². The van der Waals surface area contributed by atoms with Crippen LogP contribution in [0, 0.1) is 6.92 Å². The summed E-state index contributed by atoms with van der Waals surface area (Å²) in [5, 5.41) is 2.59. The van der Waals surface area contributed by atoms with Gasteiger partial charge < -0.3 is 14.8 Å². The monoisotopic (exact) mass is 542 g/mol. The molecule has 0 aromatic heterocycles. The molecule has 0 saturated carbocycles. The Morgan fingerprint density at radius 3 is 2.50 bits per heavy atom. The number of anilines is 1. The summed E-state index contributed by atoms with van der Waals surface area (Å²) >= 11 is 4.73. The van der Waals surface area contributed by atoms with E-state index in [4.69, 9.17) is 9.47 Å². The average Bonchev–Trinajstić information content (AvgIpc) is 2.78. The number of ether oxygens (including phenoxy) is 2. The minimum Gasteiger partial charge on any atom is -0.455 e. The second-order valence-corrected chi connectivity index (χ2v) is 10.8. The van der Waals surface area contributed by atoms with Crippen LogP contribution in [0.4, 0.5) is 5.69 Å². The number of nitrogens with zero attached hydrogens (tertiary/aromatic N) is 1. The average molecular weight is 543 g/mol. The third-order valence-electron chi connectivity index (χ3n) is 4.59. The van der Waals surface area contributed by atoms with Gasteiger partial charge in [0.1, 0.15) is 0 Å². The first kappa shape index (κ1) is 24.7. The molecule has 1 fully saturated rings. The molecule has 1 aliphatic heterocycles. The van der Waals surface area contributed by atoms with Crippen LogP contribution >= 0.6 is 27.7 Å². The van der Waals surface area contributed by atoms with E-state index in [9.17, 15) is 18.0 Å². The van der Waals surface area contributed by atoms with Gasteiger partial charge in [-0.2, -0.15) is 4.31 Å². The number of hydrogen-bond acceptors (Lipinski definition) is 7. The molecule has 172 valence electrons. The normalized spacial score (nSPS) is 14.7. The van der Waals surface area contributed by atoms with E-state index >= 15 is 0 Å². The largest absolute Gasteiger partial charge is 0.455 e. The van der Waals surface area contributed by atoms with Crippen molar-refractivity contribution < 1.29 is 27.5 Å². The zero-order valence-corrected chi connectivity index (χ0v) is 20.6. The highest BCUT2D eigenvalue weighted by Crippen LogP contribution is 2.25. The standard InChI is InChI=1S/C21H23BrN2O6S2/c1-15-12-16(22)2-7-19(15)31-14-21(26)30-13-20(25)23-17-3-5-18(6-4-17)32(27,28)24-8-10-29-11-9-24/h2-7,12H,8-11,13-14H2,1H3,(H,23,25). The van der Waals surface area contributed by atoms with E-state index in [1.165, 1.54) is 40.3 Å². The molecule has 0 unspecified atom stereocenters. The van der Waals surface area contributed by atoms with Crippen LogP contribution in [-0.4, -0.2) is 63.3 Å². The molecule has 11 heteroatoms. The number of carbonyl (C=O) groups is 2. The van der Waals surface area contributed by atoms with Crippen molar-refractivity contribution in [2.75, 3.05) is 44.0 Å². The lowest BCUT2D eigenvalue weighted by Gasteiger charge is -2.26. The van der Waals surface area contributed by atoms with Gasteiger partial charge in [-0.25, -0.2) is 8.42 Å². The lowest BCUT2D eigenvalue weighted by molar-refractivity contribution is -0.144. The Hall–Kier alpha value is -1.92. The summed E-state index contributed by atoms with van der Waals surface area (Å²) in [6.45, 7) is 2.88. The predicted molar refractivity (Wildman–Crippen MR) is 125 cm³/mol. The fourth-order valence-electron chi connectivity index (χ4n) is 2.94. The van der Waals surface area contributed by atoms with Crippen molar-refractivity contribution in [3.8, 4) is 0 Å². The van der Waals surface area contributed by atoms with Gasteiger partial charge in [-0.05, 0) is 55.0 Å². The summed E-state index contributed by atoms with van der Waals surface area (Å²) in [5.41, 5.74) is 1.45. The zero-order valence-electron chi connectivity index (χ0n) is 17.4. The molecule has 1 N–H and O–H groups in total. The number of rotatable bonds is 8. The highest BCUT2D eigenvalue weighted by atomic mass is 79.9. The number of sulfonamides is 1. The van der Waals surface area contributed by atoms with Crippen molar-refractivity contribution in [2.24, 2.45) is 0 Å². The van der Waals surface area contributed by atoms with Crippen molar-refractivity contribution in [3.05, 3.63) is 52.5 Å². The van der Waals surface area contributed by atoms with Crippen LogP contribution in [0.25, 0.3) is 0 Å². The maximum absolute atomic E-state index is 12.6. The molecule has 0 radical (unpaired) electrons. The number of aryl methyl sites for hydroxylation is 1. The number of morpholine rings is 1. The lowest BCUT2D eigenvalue weighted by Crippen LogP contribution is -2.40. The maximum atomic E-state index is 12.6. The molecule has 2 aromatic carbocycles. The Morgan fingerprint density at radius 2 is 1.84 bits per heavy atom. The van der Waals surface area contributed by atoms with Gasteiger partial charge in [0.05, 0.1) is 23.9 Å². The molecule has 32 heavy (non-hydrogen) atoms. The Labute approximate surface area is 199 Å². The van der Waals surface area contributed by atoms with Crippen molar-refractivity contribution in [1.82, 2.24) is 4.31 Å². The molecule has 1 aliphatic rings. The van der Waals surface area contributed by atoms with E-state index in [-0.39, 0.29) is 10.6 Å². The van der Waals surface area contributed by atoms with Crippen molar-refractivity contribution in [1.29, 1.82) is 0 Å². The third-order valence-corrected chi connectivity index (χ3v) is 8.15. The van der Waals surface area contributed by atoms with E-state index in [0.29, 0.717) is 32.0 Å². The molecular formula is C21H23BrN2O6S2. The number of benzene rings is 2. The van der Waals surface area contributed by atoms with Crippen LogP contribution in [0.15, 0.2) is 56.7 Å². The predicted octanol–water partition coefficient (Wildman–Crippen LogP) is 3.05. The highest BCUT2D eigenvalue weighted by molar-refractivity contribution is 9.10. The molecule has 1 saturated heterocycles. The molecule has 0 atom stereocenters. The fourth-order valence-corrected chi connectivity index (χ4v) is 5.63. The van der Waals surface area contributed by atoms with Gasteiger partial charge >= 0.3 is 5.97 Å². The Morgan fingerprint density at radius 1 is 1.16 bits per heavy atom. The molecule has 1 heterocycles. The van der Waals surface area contributed by atoms with Crippen LogP contribution < -0.4 is 5.32 Å². The van der Waals surface area contributed by atoms with Gasteiger partial charge in [0, 0.05) is 28.1 Å². The second-order valence-electron chi connectivity index (χ2n) is 6.95. The summed E-state index contributed by atoms with van der Waals surface area (Å²) < 4.78 is 37.8. The second kappa shape index (κ2) is 11.3. The third kappa shape index (κ3) is 6.79. The molecule has 3 rings (SSSR count). The summed E-state index contributed by atoms with van der Waals surface area (Å²) in [4.78, 5) is 25.1. The Bertz CT molecular complexity index is 1070. The van der Waals surface area contributed by atoms with Gasteiger partial charge in [-0.1, -0.05) is 15.9 Å². The minimum atomic E-state index is -3.60. The molecule has 8 nitrogen and oxygen atoms in total. The smallest absolute Gasteiger partial charge is 0.316 e. The summed E-state index contributed by atoms with van der Waals surface area (Å²) in [6.07, 6.45) is 0. The van der Waals surface area contributed by atoms with Crippen LogP contribution in [0.3, 0.4) is 0 Å². The number of halogens is 1. The Kier molecular flexibility index (Phi) is 8.72. The maximum Gasteiger partial charge on any atom is 0.316 e.